The first-order valence-corrected chi connectivity index (χ1v) is 7.71. The first-order valence-electron chi connectivity index (χ1n) is 7.71. The van der Waals surface area contributed by atoms with Crippen molar-refractivity contribution in [1.29, 1.82) is 0 Å². The molecule has 0 aliphatic carbocycles. The van der Waals surface area contributed by atoms with Crippen LogP contribution >= 0.6 is 0 Å². The molecule has 6 nitrogen and oxygen atoms in total. The Morgan fingerprint density at radius 1 is 1.08 bits per heavy atom. The van der Waals surface area contributed by atoms with Crippen LogP contribution in [0.5, 0.6) is 11.5 Å². The van der Waals surface area contributed by atoms with Gasteiger partial charge in [0.05, 0.1) is 31.0 Å². The van der Waals surface area contributed by atoms with Crippen molar-refractivity contribution >= 4 is 28.2 Å². The lowest BCUT2D eigenvalue weighted by atomic mass is 10.1. The van der Waals surface area contributed by atoms with E-state index < -0.39 is 5.91 Å². The summed E-state index contributed by atoms with van der Waals surface area (Å²) in [7, 11) is 3.22. The first-order chi connectivity index (χ1) is 12.0. The Labute approximate surface area is 145 Å². The zero-order valence-corrected chi connectivity index (χ0v) is 14.3. The molecule has 0 aliphatic heterocycles. The lowest BCUT2D eigenvalue weighted by Crippen LogP contribution is -2.14. The molecular formula is C19H19N3O3. The highest BCUT2D eigenvalue weighted by molar-refractivity contribution is 6.07. The largest absolute Gasteiger partial charge is 0.497 e. The highest BCUT2D eigenvalue weighted by Crippen LogP contribution is 2.32. The number of hydrogen-bond acceptors (Lipinski definition) is 5. The van der Waals surface area contributed by atoms with Crippen LogP contribution in [0.4, 0.5) is 11.4 Å². The monoisotopic (exact) mass is 337 g/mol. The number of methoxy groups -OCH3 is 2. The van der Waals surface area contributed by atoms with Crippen LogP contribution in [0, 0.1) is 6.92 Å². The lowest BCUT2D eigenvalue weighted by Gasteiger charge is -2.16. The maximum Gasteiger partial charge on any atom is 0.252 e. The summed E-state index contributed by atoms with van der Waals surface area (Å²) in [5, 5.41) is 4.10. The van der Waals surface area contributed by atoms with Crippen molar-refractivity contribution in [3.8, 4) is 11.5 Å². The summed E-state index contributed by atoms with van der Waals surface area (Å²) in [6, 6.07) is 11.2. The number of primary amides is 1. The number of rotatable bonds is 5. The Morgan fingerprint density at radius 2 is 1.76 bits per heavy atom. The average Bonchev–Trinajstić information content (AvgIpc) is 2.62. The quantitative estimate of drug-likeness (QED) is 0.745. The van der Waals surface area contributed by atoms with E-state index in [0.29, 0.717) is 22.5 Å². The van der Waals surface area contributed by atoms with E-state index in [1.165, 1.54) is 6.20 Å². The molecule has 1 heterocycles. The van der Waals surface area contributed by atoms with Crippen molar-refractivity contribution in [1.82, 2.24) is 4.98 Å². The van der Waals surface area contributed by atoms with Crippen LogP contribution in [0.3, 0.4) is 0 Å². The number of ether oxygens (including phenoxy) is 2. The Balaban J connectivity index is 2.15. The van der Waals surface area contributed by atoms with Gasteiger partial charge >= 0.3 is 0 Å². The van der Waals surface area contributed by atoms with Crippen molar-refractivity contribution < 1.29 is 14.3 Å². The maximum absolute atomic E-state index is 11.9. The molecule has 0 aliphatic rings. The molecule has 1 amide bonds. The highest BCUT2D eigenvalue weighted by Gasteiger charge is 2.15. The van der Waals surface area contributed by atoms with E-state index in [1.807, 2.05) is 43.3 Å². The fourth-order valence-electron chi connectivity index (χ4n) is 2.66. The number of hydrogen-bond donors (Lipinski definition) is 2. The van der Waals surface area contributed by atoms with Crippen molar-refractivity contribution in [2.45, 2.75) is 6.92 Å². The molecule has 0 saturated carbocycles. The number of aryl methyl sites for hydroxylation is 1. The SMILES string of the molecule is COc1ccc(Nc2c(C(N)=O)cnc3cc(OC)ccc23)c(C)c1. The van der Waals surface area contributed by atoms with Gasteiger partial charge in [-0.15, -0.1) is 0 Å². The second-order valence-electron chi connectivity index (χ2n) is 5.60. The topological polar surface area (TPSA) is 86.5 Å². The van der Waals surface area contributed by atoms with Crippen molar-refractivity contribution in [3.63, 3.8) is 0 Å². The summed E-state index contributed by atoms with van der Waals surface area (Å²) in [6.45, 7) is 1.96. The summed E-state index contributed by atoms with van der Waals surface area (Å²) in [5.74, 6) is 0.916. The maximum atomic E-state index is 11.9. The number of nitrogens with one attached hydrogen (secondary N) is 1. The van der Waals surface area contributed by atoms with Gasteiger partial charge in [-0.1, -0.05) is 0 Å². The van der Waals surface area contributed by atoms with Crippen LogP contribution in [0.2, 0.25) is 0 Å². The zero-order chi connectivity index (χ0) is 18.0. The van der Waals surface area contributed by atoms with E-state index in [1.54, 1.807) is 14.2 Å². The normalized spacial score (nSPS) is 10.5. The number of nitrogens with zero attached hydrogens (tertiary/aromatic N) is 1. The number of anilines is 2. The van der Waals surface area contributed by atoms with Crippen molar-refractivity contribution in [2.24, 2.45) is 5.73 Å². The van der Waals surface area contributed by atoms with Crippen LogP contribution in [0.25, 0.3) is 10.9 Å². The standard InChI is InChI=1S/C19H19N3O3/c1-11-8-12(24-2)5-7-16(11)22-18-14-6-4-13(25-3)9-17(14)21-10-15(18)19(20)23/h4-10H,1-3H3,(H2,20,23)(H,21,22). The minimum atomic E-state index is -0.543. The molecular weight excluding hydrogens is 318 g/mol. The predicted octanol–water partition coefficient (Wildman–Crippen LogP) is 3.40. The zero-order valence-electron chi connectivity index (χ0n) is 14.3. The Morgan fingerprint density at radius 3 is 2.40 bits per heavy atom. The number of aromatic nitrogens is 1. The van der Waals surface area contributed by atoms with Gasteiger partial charge in [-0.25, -0.2) is 0 Å². The number of carbonyl (C=O) groups is 1. The Hall–Kier alpha value is -3.28. The third-order valence-electron chi connectivity index (χ3n) is 4.04. The van der Waals surface area contributed by atoms with E-state index >= 15 is 0 Å². The predicted molar refractivity (Wildman–Crippen MR) is 97.8 cm³/mol. The summed E-state index contributed by atoms with van der Waals surface area (Å²) >= 11 is 0. The molecule has 0 atom stereocenters. The van der Waals surface area contributed by atoms with E-state index in [4.69, 9.17) is 15.2 Å². The van der Waals surface area contributed by atoms with E-state index in [0.717, 1.165) is 22.4 Å². The minimum absolute atomic E-state index is 0.327. The summed E-state index contributed by atoms with van der Waals surface area (Å²) < 4.78 is 10.5. The smallest absolute Gasteiger partial charge is 0.252 e. The van der Waals surface area contributed by atoms with Gasteiger partial charge < -0.3 is 20.5 Å². The number of carbonyl (C=O) groups excluding carboxylic acids is 1. The van der Waals surface area contributed by atoms with Gasteiger partial charge in [-0.2, -0.15) is 0 Å². The molecule has 0 saturated heterocycles. The molecule has 6 heteroatoms. The second-order valence-corrected chi connectivity index (χ2v) is 5.60. The fraction of sp³-hybridized carbons (Fsp3) is 0.158. The molecule has 0 bridgehead atoms. The molecule has 3 N–H and O–H groups in total. The van der Waals surface area contributed by atoms with E-state index in [9.17, 15) is 4.79 Å². The molecule has 128 valence electrons. The van der Waals surface area contributed by atoms with Gasteiger partial charge in [-0.3, -0.25) is 9.78 Å². The lowest BCUT2D eigenvalue weighted by molar-refractivity contribution is 0.100. The molecule has 0 unspecified atom stereocenters. The fourth-order valence-corrected chi connectivity index (χ4v) is 2.66. The van der Waals surface area contributed by atoms with Gasteiger partial charge in [0.25, 0.3) is 5.91 Å². The molecule has 25 heavy (non-hydrogen) atoms. The van der Waals surface area contributed by atoms with Crippen LogP contribution in [-0.4, -0.2) is 25.1 Å². The number of amides is 1. The third kappa shape index (κ3) is 3.19. The molecule has 3 aromatic rings. The average molecular weight is 337 g/mol. The number of fused-ring (bicyclic) bond motifs is 1. The number of nitrogens with two attached hydrogens (primary N) is 1. The first kappa shape index (κ1) is 16.6. The van der Waals surface area contributed by atoms with Gasteiger partial charge in [0.15, 0.2) is 0 Å². The summed E-state index contributed by atoms with van der Waals surface area (Å²) in [4.78, 5) is 16.2. The van der Waals surface area contributed by atoms with Crippen molar-refractivity contribution in [3.05, 3.63) is 53.7 Å². The third-order valence-corrected chi connectivity index (χ3v) is 4.04. The minimum Gasteiger partial charge on any atom is -0.497 e. The van der Waals surface area contributed by atoms with Crippen LogP contribution in [-0.2, 0) is 0 Å². The van der Waals surface area contributed by atoms with Gasteiger partial charge in [0.2, 0.25) is 0 Å². The Kier molecular flexibility index (Phi) is 4.43. The number of pyridine rings is 1. The molecule has 3 rings (SSSR count). The Bertz CT molecular complexity index is 954. The highest BCUT2D eigenvalue weighted by atomic mass is 16.5. The van der Waals surface area contributed by atoms with Crippen LogP contribution in [0.15, 0.2) is 42.6 Å². The number of benzene rings is 2. The van der Waals surface area contributed by atoms with Crippen LogP contribution in [0.1, 0.15) is 15.9 Å². The second kappa shape index (κ2) is 6.68. The van der Waals surface area contributed by atoms with E-state index in [-0.39, 0.29) is 0 Å². The molecule has 0 spiro atoms. The molecule has 0 fully saturated rings. The van der Waals surface area contributed by atoms with Gasteiger partial charge in [0.1, 0.15) is 11.5 Å². The van der Waals surface area contributed by atoms with Gasteiger partial charge in [-0.05, 0) is 42.8 Å². The molecule has 2 aromatic carbocycles. The van der Waals surface area contributed by atoms with Gasteiger partial charge in [0, 0.05) is 23.3 Å². The summed E-state index contributed by atoms with van der Waals surface area (Å²) in [6.07, 6.45) is 1.48. The summed E-state index contributed by atoms with van der Waals surface area (Å²) in [5.41, 5.74) is 9.02. The molecule has 1 aromatic heterocycles. The van der Waals surface area contributed by atoms with Crippen molar-refractivity contribution in [2.75, 3.05) is 19.5 Å². The van der Waals surface area contributed by atoms with E-state index in [2.05, 4.69) is 10.3 Å². The molecule has 0 radical (unpaired) electrons. The van der Waals surface area contributed by atoms with Crippen LogP contribution < -0.4 is 20.5 Å².